The lowest BCUT2D eigenvalue weighted by Gasteiger charge is -2.21. The fourth-order valence-electron chi connectivity index (χ4n) is 6.02. The molecule has 4 aromatic rings. The number of aromatic nitrogens is 3. The largest absolute Gasteiger partial charge is 0.478 e. The lowest BCUT2D eigenvalue weighted by atomic mass is 10.0. The van der Waals surface area contributed by atoms with Crippen LogP contribution < -0.4 is 31.3 Å². The lowest BCUT2D eigenvalue weighted by molar-refractivity contribution is -0.154. The number of carbonyl (C=O) groups excluding carboxylic acids is 3. The molecule has 6 rings (SSSR count). The van der Waals surface area contributed by atoms with Crippen LogP contribution >= 0.6 is 11.6 Å². The van der Waals surface area contributed by atoms with Gasteiger partial charge in [0, 0.05) is 34.5 Å². The summed E-state index contributed by atoms with van der Waals surface area (Å²) in [6.45, 7) is -1.36. The highest BCUT2D eigenvalue weighted by Gasteiger charge is 2.45. The van der Waals surface area contributed by atoms with Crippen molar-refractivity contribution >= 4 is 58.6 Å². The normalized spacial score (nSPS) is 17.2. The summed E-state index contributed by atoms with van der Waals surface area (Å²) in [7, 11) is 0. The maximum absolute atomic E-state index is 13.0. The van der Waals surface area contributed by atoms with Gasteiger partial charge < -0.3 is 36.4 Å². The molecular weight excluding hydrogens is 733 g/mol. The highest BCUT2D eigenvalue weighted by atomic mass is 35.5. The minimum atomic E-state index is -4.62. The van der Waals surface area contributed by atoms with Crippen LogP contribution in [0, 0.1) is 5.92 Å². The van der Waals surface area contributed by atoms with Crippen LogP contribution in [0.15, 0.2) is 72.8 Å². The van der Waals surface area contributed by atoms with Crippen molar-refractivity contribution in [2.45, 2.75) is 49.9 Å². The van der Waals surface area contributed by atoms with E-state index in [0.29, 0.717) is 29.1 Å². The van der Waals surface area contributed by atoms with Crippen molar-refractivity contribution in [2.75, 3.05) is 29.1 Å². The number of aromatic carboxylic acids is 1. The Balaban J connectivity index is 1.04. The summed E-state index contributed by atoms with van der Waals surface area (Å²) < 4.78 is 43.7. The molecule has 0 bridgehead atoms. The smallest absolute Gasteiger partial charge is 0.422 e. The number of benzene rings is 3. The molecule has 2 saturated carbocycles. The summed E-state index contributed by atoms with van der Waals surface area (Å²) in [6.07, 6.45) is -1.05. The van der Waals surface area contributed by atoms with E-state index in [2.05, 4.69) is 41.5 Å². The molecule has 2 aliphatic carbocycles. The molecule has 1 heterocycles. The van der Waals surface area contributed by atoms with Crippen molar-refractivity contribution in [1.82, 2.24) is 25.6 Å². The van der Waals surface area contributed by atoms with E-state index < -0.39 is 42.1 Å². The maximum Gasteiger partial charge on any atom is 0.422 e. The molecule has 3 aromatic carbocycles. The standard InChI is InChI=1S/C36H34ClF3N8O6/c37-24-10-8-23(9-11-24)35(16-17-35)48-33-45-32(46-34(47-33)54-19-36(38,39)40)43-26-12-4-20(5-13-26)28(49)41-18-22-2-1-3-27(22)44-30(51)29(50)42-25-14-6-21(7-15-25)31(52)53/h4-15,22,27H,1-3,16-19H2,(H,41,49)(H,42,50)(H,44,51)(H,52,53)(H2,43,45,46,47,48). The molecule has 6 N–H and O–H groups in total. The highest BCUT2D eigenvalue weighted by Crippen LogP contribution is 2.48. The Hall–Kier alpha value is -5.97. The second-order valence-electron chi connectivity index (χ2n) is 12.9. The molecule has 2 unspecified atom stereocenters. The molecule has 2 fully saturated rings. The number of amides is 3. The first-order chi connectivity index (χ1) is 25.7. The topological polar surface area (TPSA) is 197 Å². The zero-order chi connectivity index (χ0) is 38.5. The molecule has 0 saturated heterocycles. The lowest BCUT2D eigenvalue weighted by Crippen LogP contribution is -2.46. The van der Waals surface area contributed by atoms with Gasteiger partial charge in [0.2, 0.25) is 11.9 Å². The van der Waals surface area contributed by atoms with Gasteiger partial charge in [-0.2, -0.15) is 28.1 Å². The molecule has 0 spiro atoms. The third kappa shape index (κ3) is 9.91. The Bertz CT molecular complexity index is 2010. The van der Waals surface area contributed by atoms with Crippen LogP contribution in [0.1, 0.15) is 58.4 Å². The van der Waals surface area contributed by atoms with Crippen LogP contribution in [-0.2, 0) is 15.1 Å². The van der Waals surface area contributed by atoms with Crippen molar-refractivity contribution in [3.05, 3.63) is 94.5 Å². The zero-order valence-electron chi connectivity index (χ0n) is 28.4. The molecule has 3 amide bonds. The van der Waals surface area contributed by atoms with Gasteiger partial charge >= 0.3 is 30.0 Å². The van der Waals surface area contributed by atoms with Gasteiger partial charge in [0.05, 0.1) is 11.1 Å². The van der Waals surface area contributed by atoms with Gasteiger partial charge in [0.25, 0.3) is 5.91 Å². The van der Waals surface area contributed by atoms with Crippen molar-refractivity contribution in [3.8, 4) is 6.01 Å². The second-order valence-corrected chi connectivity index (χ2v) is 13.3. The molecule has 0 radical (unpaired) electrons. The maximum atomic E-state index is 13.0. The Morgan fingerprint density at radius 2 is 1.48 bits per heavy atom. The Morgan fingerprint density at radius 1 is 0.833 bits per heavy atom. The first-order valence-corrected chi connectivity index (χ1v) is 17.2. The zero-order valence-corrected chi connectivity index (χ0v) is 29.1. The van der Waals surface area contributed by atoms with Gasteiger partial charge in [0.15, 0.2) is 6.61 Å². The number of alkyl halides is 3. The van der Waals surface area contributed by atoms with Crippen molar-refractivity contribution in [2.24, 2.45) is 5.92 Å². The molecule has 1 aromatic heterocycles. The summed E-state index contributed by atoms with van der Waals surface area (Å²) >= 11 is 6.03. The molecular formula is C36H34ClF3N8O6. The SMILES string of the molecule is O=C(Nc1ccc(C(=O)O)cc1)C(=O)NC1CCCC1CNC(=O)c1ccc(Nc2nc(NC3(c4ccc(Cl)cc4)CC3)nc(OCC(F)(F)F)n2)cc1. The first-order valence-electron chi connectivity index (χ1n) is 16.9. The molecule has 54 heavy (non-hydrogen) atoms. The van der Waals surface area contributed by atoms with Gasteiger partial charge in [-0.3, -0.25) is 14.4 Å². The molecule has 0 aliphatic heterocycles. The molecule has 2 atom stereocenters. The third-order valence-corrected chi connectivity index (χ3v) is 9.23. The minimum absolute atomic E-state index is 0.00225. The van der Waals surface area contributed by atoms with Crippen molar-refractivity contribution < 1.29 is 42.2 Å². The highest BCUT2D eigenvalue weighted by molar-refractivity contribution is 6.39. The molecule has 14 nitrogen and oxygen atoms in total. The van der Waals surface area contributed by atoms with Gasteiger partial charge in [-0.15, -0.1) is 0 Å². The fourth-order valence-corrected chi connectivity index (χ4v) is 6.15. The molecule has 2 aliphatic rings. The average molecular weight is 767 g/mol. The fraction of sp³-hybridized carbons (Fsp3) is 0.306. The van der Waals surface area contributed by atoms with E-state index in [4.69, 9.17) is 21.4 Å². The minimum Gasteiger partial charge on any atom is -0.478 e. The number of nitrogens with one attached hydrogen (secondary N) is 5. The van der Waals surface area contributed by atoms with Crippen LogP contribution in [0.4, 0.5) is 36.4 Å². The van der Waals surface area contributed by atoms with Crippen LogP contribution in [0.2, 0.25) is 5.02 Å². The Morgan fingerprint density at radius 3 is 2.13 bits per heavy atom. The summed E-state index contributed by atoms with van der Waals surface area (Å²) in [5.74, 6) is -3.47. The predicted octanol–water partition coefficient (Wildman–Crippen LogP) is 5.66. The number of rotatable bonds is 13. The number of hydrogen-bond donors (Lipinski definition) is 6. The van der Waals surface area contributed by atoms with E-state index in [9.17, 15) is 32.3 Å². The van der Waals surface area contributed by atoms with Crippen LogP contribution in [0.25, 0.3) is 0 Å². The van der Waals surface area contributed by atoms with E-state index in [1.165, 1.54) is 24.3 Å². The number of hydrogen-bond acceptors (Lipinski definition) is 10. The van der Waals surface area contributed by atoms with E-state index in [1.54, 1.807) is 36.4 Å². The average Bonchev–Trinajstić information content (AvgIpc) is 3.78. The number of anilines is 4. The number of nitrogens with zero attached hydrogens (tertiary/aromatic N) is 3. The number of halogens is 4. The van der Waals surface area contributed by atoms with Crippen molar-refractivity contribution in [3.63, 3.8) is 0 Å². The van der Waals surface area contributed by atoms with E-state index >= 15 is 0 Å². The summed E-state index contributed by atoms with van der Waals surface area (Å²) in [6, 6.07) is 17.9. The Labute approximate surface area is 311 Å². The third-order valence-electron chi connectivity index (χ3n) is 8.98. The quantitative estimate of drug-likeness (QED) is 0.0919. The van der Waals surface area contributed by atoms with Gasteiger partial charge in [0.1, 0.15) is 0 Å². The second kappa shape index (κ2) is 16.0. The summed E-state index contributed by atoms with van der Waals surface area (Å²) in [5, 5.41) is 23.7. The summed E-state index contributed by atoms with van der Waals surface area (Å²) in [4.78, 5) is 61.5. The summed E-state index contributed by atoms with van der Waals surface area (Å²) in [5.41, 5.74) is 1.43. The predicted molar refractivity (Wildman–Crippen MR) is 191 cm³/mol. The molecule has 18 heteroatoms. The van der Waals surface area contributed by atoms with Crippen LogP contribution in [0.3, 0.4) is 0 Å². The number of carboxylic acid groups (broad SMARTS) is 1. The number of carboxylic acids is 1. The Kier molecular flexibility index (Phi) is 11.2. The van der Waals surface area contributed by atoms with Crippen LogP contribution in [-0.4, -0.2) is 69.1 Å². The number of ether oxygens (including phenoxy) is 1. The van der Waals surface area contributed by atoms with E-state index in [0.717, 1.165) is 24.8 Å². The molecule has 282 valence electrons. The van der Waals surface area contributed by atoms with Crippen LogP contribution in [0.5, 0.6) is 6.01 Å². The van der Waals surface area contributed by atoms with Gasteiger partial charge in [-0.05, 0) is 97.8 Å². The van der Waals surface area contributed by atoms with E-state index in [1.807, 2.05) is 12.1 Å². The van der Waals surface area contributed by atoms with Gasteiger partial charge in [-0.25, -0.2) is 4.79 Å². The monoisotopic (exact) mass is 766 g/mol. The number of carbonyl (C=O) groups is 4. The van der Waals surface area contributed by atoms with Crippen molar-refractivity contribution in [1.29, 1.82) is 0 Å². The van der Waals surface area contributed by atoms with E-state index in [-0.39, 0.29) is 47.6 Å². The first kappa shape index (κ1) is 37.8. The van der Waals surface area contributed by atoms with Gasteiger partial charge in [-0.1, -0.05) is 30.2 Å².